The minimum absolute atomic E-state index is 0.0384. The minimum Gasteiger partial charge on any atom is -0.486 e. The lowest BCUT2D eigenvalue weighted by molar-refractivity contribution is 0.0972. The van der Waals surface area contributed by atoms with E-state index in [4.69, 9.17) is 10.5 Å². The highest BCUT2D eigenvalue weighted by atomic mass is 32.1. The van der Waals surface area contributed by atoms with Crippen LogP contribution in [0.4, 0.5) is 10.7 Å². The lowest BCUT2D eigenvalue weighted by Crippen LogP contribution is -2.10. The van der Waals surface area contributed by atoms with Crippen molar-refractivity contribution >= 4 is 27.8 Å². The standard InChI is InChI=1S/C16H26N2O2S/c1-9(2)7-8-18-16-14(20-10(3)4)12(17)15(21-16)13(19)11-5-6-11/h9-11,18H,5-8,17H2,1-4H3. The quantitative estimate of drug-likeness (QED) is 0.707. The van der Waals surface area contributed by atoms with Gasteiger partial charge in [0.05, 0.1) is 16.7 Å². The van der Waals surface area contributed by atoms with Crippen molar-refractivity contribution in [2.45, 2.75) is 53.1 Å². The maximum Gasteiger partial charge on any atom is 0.178 e. The third-order valence-corrected chi connectivity index (χ3v) is 4.59. The summed E-state index contributed by atoms with van der Waals surface area (Å²) in [6.45, 7) is 9.19. The van der Waals surface area contributed by atoms with Crippen molar-refractivity contribution in [2.24, 2.45) is 11.8 Å². The van der Waals surface area contributed by atoms with Crippen LogP contribution in [0.15, 0.2) is 0 Å². The summed E-state index contributed by atoms with van der Waals surface area (Å²) in [4.78, 5) is 13.0. The van der Waals surface area contributed by atoms with E-state index in [0.717, 1.165) is 30.8 Å². The van der Waals surface area contributed by atoms with Gasteiger partial charge < -0.3 is 15.8 Å². The predicted molar refractivity (Wildman–Crippen MR) is 89.5 cm³/mol. The lowest BCUT2D eigenvalue weighted by atomic mass is 10.1. The third kappa shape index (κ3) is 4.13. The molecule has 1 aromatic rings. The number of anilines is 2. The summed E-state index contributed by atoms with van der Waals surface area (Å²) in [6.07, 6.45) is 3.10. The molecule has 0 bridgehead atoms. The Labute approximate surface area is 131 Å². The molecule has 1 aliphatic rings. The van der Waals surface area contributed by atoms with E-state index in [1.54, 1.807) is 0 Å². The van der Waals surface area contributed by atoms with Gasteiger partial charge in [-0.05, 0) is 39.0 Å². The lowest BCUT2D eigenvalue weighted by Gasteiger charge is -2.13. The first-order valence-electron chi connectivity index (χ1n) is 7.77. The first kappa shape index (κ1) is 16.1. The van der Waals surface area contributed by atoms with Crippen molar-refractivity contribution in [3.8, 4) is 5.75 Å². The van der Waals surface area contributed by atoms with Crippen molar-refractivity contribution in [1.29, 1.82) is 0 Å². The van der Waals surface area contributed by atoms with Crippen molar-refractivity contribution in [3.05, 3.63) is 4.88 Å². The molecule has 1 aromatic heterocycles. The molecule has 0 aromatic carbocycles. The highest BCUT2D eigenvalue weighted by molar-refractivity contribution is 7.19. The fourth-order valence-corrected chi connectivity index (χ4v) is 3.19. The van der Waals surface area contributed by atoms with E-state index < -0.39 is 0 Å². The Morgan fingerprint density at radius 1 is 1.38 bits per heavy atom. The van der Waals surface area contributed by atoms with Gasteiger partial charge in [0, 0.05) is 12.5 Å². The number of hydrogen-bond acceptors (Lipinski definition) is 5. The largest absolute Gasteiger partial charge is 0.486 e. The number of nitrogen functional groups attached to an aromatic ring is 1. The van der Waals surface area contributed by atoms with Crippen LogP contribution >= 0.6 is 11.3 Å². The van der Waals surface area contributed by atoms with Crippen LogP contribution < -0.4 is 15.8 Å². The first-order chi connectivity index (χ1) is 9.90. The van der Waals surface area contributed by atoms with Gasteiger partial charge in [-0.3, -0.25) is 4.79 Å². The molecule has 5 heteroatoms. The van der Waals surface area contributed by atoms with E-state index in [1.165, 1.54) is 11.3 Å². The Balaban J connectivity index is 2.19. The van der Waals surface area contributed by atoms with Crippen LogP contribution in [0.5, 0.6) is 5.75 Å². The van der Waals surface area contributed by atoms with Crippen molar-refractivity contribution in [3.63, 3.8) is 0 Å². The molecule has 0 radical (unpaired) electrons. The van der Waals surface area contributed by atoms with E-state index in [9.17, 15) is 4.79 Å². The third-order valence-electron chi connectivity index (χ3n) is 3.43. The zero-order valence-corrected chi connectivity index (χ0v) is 14.2. The molecule has 3 N–H and O–H groups in total. The van der Waals surface area contributed by atoms with E-state index in [0.29, 0.717) is 22.2 Å². The summed E-state index contributed by atoms with van der Waals surface area (Å²) in [5.41, 5.74) is 6.69. The fraction of sp³-hybridized carbons (Fsp3) is 0.688. The fourth-order valence-electron chi connectivity index (χ4n) is 2.09. The molecule has 2 rings (SSSR count). The predicted octanol–water partition coefficient (Wildman–Crippen LogP) is 4.17. The van der Waals surface area contributed by atoms with Crippen LogP contribution in [0.1, 0.15) is 56.6 Å². The van der Waals surface area contributed by atoms with Gasteiger partial charge in [0.15, 0.2) is 11.5 Å². The number of hydrogen-bond donors (Lipinski definition) is 2. The molecule has 0 spiro atoms. The van der Waals surface area contributed by atoms with Crippen LogP contribution in [0.25, 0.3) is 0 Å². The van der Waals surface area contributed by atoms with Gasteiger partial charge in [0.2, 0.25) is 0 Å². The number of Topliss-reactive ketones (excluding diaryl/α,β-unsaturated/α-hetero) is 1. The summed E-state index contributed by atoms with van der Waals surface area (Å²) in [7, 11) is 0. The summed E-state index contributed by atoms with van der Waals surface area (Å²) < 4.78 is 5.84. The Hall–Kier alpha value is -1.23. The minimum atomic E-state index is 0.0384. The Kier molecular flexibility index (Phi) is 5.14. The van der Waals surface area contributed by atoms with E-state index in [2.05, 4.69) is 19.2 Å². The number of ketones is 1. The monoisotopic (exact) mass is 310 g/mol. The van der Waals surface area contributed by atoms with Crippen LogP contribution in [0, 0.1) is 11.8 Å². The number of nitrogens with one attached hydrogen (secondary N) is 1. The van der Waals surface area contributed by atoms with Gasteiger partial charge >= 0.3 is 0 Å². The molecule has 0 amide bonds. The molecule has 4 nitrogen and oxygen atoms in total. The van der Waals surface area contributed by atoms with E-state index >= 15 is 0 Å². The maximum absolute atomic E-state index is 12.3. The van der Waals surface area contributed by atoms with Crippen molar-refractivity contribution in [2.75, 3.05) is 17.6 Å². The molecule has 1 saturated carbocycles. The molecule has 1 fully saturated rings. The highest BCUT2D eigenvalue weighted by Gasteiger charge is 2.34. The molecule has 0 aliphatic heterocycles. The highest BCUT2D eigenvalue weighted by Crippen LogP contribution is 2.46. The molecule has 0 atom stereocenters. The first-order valence-corrected chi connectivity index (χ1v) is 8.58. The number of carbonyl (C=O) groups excluding carboxylic acids is 1. The average molecular weight is 310 g/mol. The van der Waals surface area contributed by atoms with Crippen LogP contribution in [-0.2, 0) is 0 Å². The van der Waals surface area contributed by atoms with Gasteiger partial charge in [-0.15, -0.1) is 11.3 Å². The summed E-state index contributed by atoms with van der Waals surface area (Å²) in [5.74, 6) is 1.66. The van der Waals surface area contributed by atoms with Crippen LogP contribution in [0.2, 0.25) is 0 Å². The smallest absolute Gasteiger partial charge is 0.178 e. The SMILES string of the molecule is CC(C)CCNc1sc(C(=O)C2CC2)c(N)c1OC(C)C. The van der Waals surface area contributed by atoms with E-state index in [-0.39, 0.29) is 17.8 Å². The summed E-state index contributed by atoms with van der Waals surface area (Å²) in [6, 6.07) is 0. The molecule has 118 valence electrons. The van der Waals surface area contributed by atoms with Gasteiger partial charge in [-0.1, -0.05) is 13.8 Å². The molecular formula is C16H26N2O2S. The van der Waals surface area contributed by atoms with Crippen molar-refractivity contribution in [1.82, 2.24) is 0 Å². The summed E-state index contributed by atoms with van der Waals surface area (Å²) >= 11 is 1.45. The Bertz CT molecular complexity index is 505. The number of carbonyl (C=O) groups is 1. The summed E-state index contributed by atoms with van der Waals surface area (Å²) in [5, 5.41) is 4.28. The van der Waals surface area contributed by atoms with Gasteiger partial charge in [-0.2, -0.15) is 0 Å². The normalized spacial score (nSPS) is 14.8. The molecule has 0 unspecified atom stereocenters. The zero-order valence-electron chi connectivity index (χ0n) is 13.4. The number of nitrogens with two attached hydrogens (primary N) is 1. The zero-order chi connectivity index (χ0) is 15.6. The second-order valence-corrected chi connectivity index (χ2v) is 7.44. The molecule has 1 heterocycles. The second-order valence-electron chi connectivity index (χ2n) is 6.42. The van der Waals surface area contributed by atoms with Crippen molar-refractivity contribution < 1.29 is 9.53 Å². The van der Waals surface area contributed by atoms with Crippen LogP contribution in [0.3, 0.4) is 0 Å². The Morgan fingerprint density at radius 3 is 2.57 bits per heavy atom. The maximum atomic E-state index is 12.3. The second kappa shape index (κ2) is 6.69. The van der Waals surface area contributed by atoms with Gasteiger partial charge in [-0.25, -0.2) is 0 Å². The number of rotatable bonds is 8. The average Bonchev–Trinajstić information content (AvgIpc) is 3.18. The van der Waals surface area contributed by atoms with Gasteiger partial charge in [0.1, 0.15) is 5.00 Å². The van der Waals surface area contributed by atoms with Gasteiger partial charge in [0.25, 0.3) is 0 Å². The molecule has 1 aliphatic carbocycles. The number of thiophene rings is 1. The number of ether oxygens (including phenoxy) is 1. The molecular weight excluding hydrogens is 284 g/mol. The Morgan fingerprint density at radius 2 is 2.05 bits per heavy atom. The molecule has 0 saturated heterocycles. The van der Waals surface area contributed by atoms with E-state index in [1.807, 2.05) is 13.8 Å². The molecule has 21 heavy (non-hydrogen) atoms. The topological polar surface area (TPSA) is 64.4 Å². The van der Waals surface area contributed by atoms with Crippen LogP contribution in [-0.4, -0.2) is 18.4 Å².